The average Bonchev–Trinajstić information content (AvgIpc) is 3.07. The van der Waals surface area contributed by atoms with Crippen molar-refractivity contribution < 1.29 is 13.2 Å². The van der Waals surface area contributed by atoms with E-state index in [0.717, 1.165) is 16.9 Å². The third-order valence-corrected chi connectivity index (χ3v) is 5.76. The quantitative estimate of drug-likeness (QED) is 0.714. The fourth-order valence-corrected chi connectivity index (χ4v) is 3.49. The molecule has 1 amide bonds. The minimum absolute atomic E-state index is 0.0393. The molecule has 2 aromatic carbocycles. The molecule has 0 bridgehead atoms. The van der Waals surface area contributed by atoms with E-state index in [2.05, 4.69) is 5.10 Å². The van der Waals surface area contributed by atoms with Crippen molar-refractivity contribution in [3.8, 4) is 5.69 Å². The van der Waals surface area contributed by atoms with Crippen LogP contribution >= 0.6 is 0 Å². The Bertz CT molecular complexity index is 1090. The summed E-state index contributed by atoms with van der Waals surface area (Å²) in [6.07, 6.45) is 1.57. The first-order valence-corrected chi connectivity index (χ1v) is 10.2. The van der Waals surface area contributed by atoms with Crippen LogP contribution in [0.25, 0.3) is 5.69 Å². The minimum Gasteiger partial charge on any atom is -0.335 e. The summed E-state index contributed by atoms with van der Waals surface area (Å²) in [6.45, 7) is 3.73. The summed E-state index contributed by atoms with van der Waals surface area (Å²) < 4.78 is 24.5. The van der Waals surface area contributed by atoms with Crippen molar-refractivity contribution >= 4 is 15.9 Å². The standard InChI is InChI=1S/C20H22N4O3S/c1-14(16-9-11-18(12-10-16)28(21,26)27)23(3)20(25)19-13-22-24(15(19)2)17-7-5-4-6-8-17/h4-14H,1-3H3,(H2,21,26,27). The van der Waals surface area contributed by atoms with Gasteiger partial charge in [0.1, 0.15) is 0 Å². The van der Waals surface area contributed by atoms with Gasteiger partial charge in [0.05, 0.1) is 34.1 Å². The SMILES string of the molecule is Cc1c(C(=O)N(C)C(C)c2ccc(S(N)(=O)=O)cc2)cnn1-c1ccccc1. The zero-order chi connectivity index (χ0) is 20.5. The summed E-state index contributed by atoms with van der Waals surface area (Å²) in [4.78, 5) is 14.6. The molecule has 0 radical (unpaired) electrons. The zero-order valence-electron chi connectivity index (χ0n) is 15.9. The number of para-hydroxylation sites is 1. The Morgan fingerprint density at radius 1 is 1.11 bits per heavy atom. The molecule has 0 saturated carbocycles. The number of rotatable bonds is 5. The lowest BCUT2D eigenvalue weighted by Gasteiger charge is -2.25. The van der Waals surface area contributed by atoms with Crippen LogP contribution in [-0.2, 0) is 10.0 Å². The smallest absolute Gasteiger partial charge is 0.257 e. The molecule has 3 rings (SSSR count). The van der Waals surface area contributed by atoms with Crippen LogP contribution in [0.4, 0.5) is 0 Å². The summed E-state index contributed by atoms with van der Waals surface area (Å²) in [5.41, 5.74) is 2.95. The molecule has 0 saturated heterocycles. The van der Waals surface area contributed by atoms with Crippen molar-refractivity contribution in [1.29, 1.82) is 0 Å². The summed E-state index contributed by atoms with van der Waals surface area (Å²) in [6, 6.07) is 15.5. The van der Waals surface area contributed by atoms with E-state index in [4.69, 9.17) is 5.14 Å². The molecule has 0 aliphatic rings. The molecule has 3 aromatic rings. The van der Waals surface area contributed by atoms with Gasteiger partial charge in [0.2, 0.25) is 10.0 Å². The maximum Gasteiger partial charge on any atom is 0.257 e. The van der Waals surface area contributed by atoms with Crippen molar-refractivity contribution in [3.63, 3.8) is 0 Å². The summed E-state index contributed by atoms with van der Waals surface area (Å²) >= 11 is 0. The number of sulfonamides is 1. The number of amides is 1. The van der Waals surface area contributed by atoms with Gasteiger partial charge < -0.3 is 4.90 Å². The zero-order valence-corrected chi connectivity index (χ0v) is 16.7. The van der Waals surface area contributed by atoms with Crippen LogP contribution in [0, 0.1) is 6.92 Å². The number of nitrogens with zero attached hydrogens (tertiary/aromatic N) is 3. The van der Waals surface area contributed by atoms with Crippen LogP contribution in [0.5, 0.6) is 0 Å². The Kier molecular flexibility index (Phi) is 5.35. The number of benzene rings is 2. The van der Waals surface area contributed by atoms with Gasteiger partial charge in [0, 0.05) is 7.05 Å². The van der Waals surface area contributed by atoms with Gasteiger partial charge >= 0.3 is 0 Å². The lowest BCUT2D eigenvalue weighted by atomic mass is 10.1. The molecule has 0 spiro atoms. The predicted molar refractivity (Wildman–Crippen MR) is 107 cm³/mol. The molecule has 1 aromatic heterocycles. The molecule has 8 heteroatoms. The Balaban J connectivity index is 1.84. The predicted octanol–water partition coefficient (Wildman–Crippen LogP) is 2.66. The monoisotopic (exact) mass is 398 g/mol. The number of carbonyl (C=O) groups is 1. The van der Waals surface area contributed by atoms with Gasteiger partial charge in [0.15, 0.2) is 0 Å². The van der Waals surface area contributed by atoms with Crippen molar-refractivity contribution in [2.75, 3.05) is 7.05 Å². The Labute approximate surface area is 164 Å². The molecule has 0 fully saturated rings. The molecule has 1 atom stereocenters. The Morgan fingerprint density at radius 3 is 2.29 bits per heavy atom. The summed E-state index contributed by atoms with van der Waals surface area (Å²) in [5.74, 6) is -0.164. The molecule has 28 heavy (non-hydrogen) atoms. The number of aromatic nitrogens is 2. The Hall–Kier alpha value is -2.97. The lowest BCUT2D eigenvalue weighted by Crippen LogP contribution is -2.30. The van der Waals surface area contributed by atoms with E-state index >= 15 is 0 Å². The number of hydrogen-bond donors (Lipinski definition) is 1. The van der Waals surface area contributed by atoms with Gasteiger partial charge in [-0.15, -0.1) is 0 Å². The van der Waals surface area contributed by atoms with Crippen LogP contribution in [0.1, 0.15) is 34.6 Å². The third kappa shape index (κ3) is 3.83. The van der Waals surface area contributed by atoms with E-state index in [1.807, 2.05) is 44.2 Å². The first-order chi connectivity index (χ1) is 13.2. The van der Waals surface area contributed by atoms with E-state index in [1.165, 1.54) is 12.1 Å². The van der Waals surface area contributed by atoms with Gasteiger partial charge in [-0.25, -0.2) is 18.2 Å². The first-order valence-electron chi connectivity index (χ1n) is 8.70. The van der Waals surface area contributed by atoms with Crippen LogP contribution < -0.4 is 5.14 Å². The highest BCUT2D eigenvalue weighted by atomic mass is 32.2. The van der Waals surface area contributed by atoms with Crippen LogP contribution in [0.2, 0.25) is 0 Å². The minimum atomic E-state index is -3.75. The topological polar surface area (TPSA) is 98.3 Å². The highest BCUT2D eigenvalue weighted by Crippen LogP contribution is 2.23. The van der Waals surface area contributed by atoms with Gasteiger partial charge in [0.25, 0.3) is 5.91 Å². The highest BCUT2D eigenvalue weighted by molar-refractivity contribution is 7.89. The third-order valence-electron chi connectivity index (χ3n) is 4.83. The van der Waals surface area contributed by atoms with Crippen molar-refractivity contribution in [3.05, 3.63) is 77.6 Å². The van der Waals surface area contributed by atoms with Crippen LogP contribution in [-0.4, -0.2) is 36.1 Å². The van der Waals surface area contributed by atoms with E-state index in [9.17, 15) is 13.2 Å². The summed E-state index contributed by atoms with van der Waals surface area (Å²) in [5, 5.41) is 9.48. The van der Waals surface area contributed by atoms with Crippen LogP contribution in [0.15, 0.2) is 65.7 Å². The number of hydrogen-bond acceptors (Lipinski definition) is 4. The van der Waals surface area contributed by atoms with Gasteiger partial charge in [-0.2, -0.15) is 5.10 Å². The maximum atomic E-state index is 13.0. The first kappa shape index (κ1) is 19.8. The second kappa shape index (κ2) is 7.57. The van der Waals surface area contributed by atoms with Gasteiger partial charge in [-0.1, -0.05) is 30.3 Å². The van der Waals surface area contributed by atoms with Crippen molar-refractivity contribution in [2.24, 2.45) is 5.14 Å². The Morgan fingerprint density at radius 2 is 1.71 bits per heavy atom. The van der Waals surface area contributed by atoms with Crippen molar-refractivity contribution in [1.82, 2.24) is 14.7 Å². The van der Waals surface area contributed by atoms with Crippen LogP contribution in [0.3, 0.4) is 0 Å². The number of nitrogens with two attached hydrogens (primary N) is 1. The average molecular weight is 398 g/mol. The lowest BCUT2D eigenvalue weighted by molar-refractivity contribution is 0.0742. The highest BCUT2D eigenvalue weighted by Gasteiger charge is 2.23. The van der Waals surface area contributed by atoms with Gasteiger partial charge in [-0.3, -0.25) is 4.79 Å². The second-order valence-corrected chi connectivity index (χ2v) is 8.16. The molecular weight excluding hydrogens is 376 g/mol. The van der Waals surface area contributed by atoms with E-state index in [1.54, 1.807) is 35.0 Å². The number of primary sulfonamides is 1. The molecule has 0 aliphatic heterocycles. The fraction of sp³-hybridized carbons (Fsp3) is 0.200. The van der Waals surface area contributed by atoms with Gasteiger partial charge in [-0.05, 0) is 43.7 Å². The van der Waals surface area contributed by atoms with Crippen molar-refractivity contribution in [2.45, 2.75) is 24.8 Å². The molecule has 7 nitrogen and oxygen atoms in total. The molecule has 2 N–H and O–H groups in total. The molecule has 1 heterocycles. The summed E-state index contributed by atoms with van der Waals surface area (Å²) in [7, 11) is -2.04. The molecule has 1 unspecified atom stereocenters. The van der Waals surface area contributed by atoms with E-state index in [0.29, 0.717) is 5.56 Å². The molecule has 0 aliphatic carbocycles. The molecular formula is C20H22N4O3S. The molecule has 146 valence electrons. The largest absolute Gasteiger partial charge is 0.335 e. The fourth-order valence-electron chi connectivity index (χ4n) is 2.97. The second-order valence-electron chi connectivity index (χ2n) is 6.60. The van der Waals surface area contributed by atoms with E-state index in [-0.39, 0.29) is 16.8 Å². The maximum absolute atomic E-state index is 13.0. The number of carbonyl (C=O) groups excluding carboxylic acids is 1. The van der Waals surface area contributed by atoms with E-state index < -0.39 is 10.0 Å². The normalized spacial score (nSPS) is 12.6.